The van der Waals surface area contributed by atoms with E-state index in [1.165, 1.54) is 7.05 Å². The first-order valence-corrected chi connectivity index (χ1v) is 5.34. The first-order valence-electron chi connectivity index (χ1n) is 5.34. The second-order valence-electron chi connectivity index (χ2n) is 3.54. The van der Waals surface area contributed by atoms with E-state index in [4.69, 9.17) is 9.84 Å². The highest BCUT2D eigenvalue weighted by atomic mass is 16.5. The Balaban J connectivity index is 2.57. The zero-order chi connectivity index (χ0) is 12.0. The van der Waals surface area contributed by atoms with E-state index in [9.17, 15) is 4.79 Å². The molecule has 4 nitrogen and oxygen atoms in total. The molecule has 0 aliphatic rings. The van der Waals surface area contributed by atoms with Gasteiger partial charge in [-0.15, -0.1) is 0 Å². The highest BCUT2D eigenvalue weighted by molar-refractivity contribution is 5.85. The number of carboxylic acid groups (broad SMARTS) is 1. The van der Waals surface area contributed by atoms with E-state index in [1.807, 2.05) is 0 Å². The van der Waals surface area contributed by atoms with Gasteiger partial charge in [0.25, 0.3) is 0 Å². The summed E-state index contributed by atoms with van der Waals surface area (Å²) < 4.78 is 5.48. The van der Waals surface area contributed by atoms with Crippen molar-refractivity contribution in [2.24, 2.45) is 0 Å². The van der Waals surface area contributed by atoms with Crippen molar-refractivity contribution in [2.75, 3.05) is 18.6 Å². The van der Waals surface area contributed by atoms with Crippen LogP contribution in [0.3, 0.4) is 0 Å². The average Bonchev–Trinajstić information content (AvgIpc) is 2.29. The third-order valence-corrected chi connectivity index (χ3v) is 2.28. The molecule has 1 amide bonds. The molecule has 1 aromatic carbocycles. The maximum absolute atomic E-state index is 10.7. The van der Waals surface area contributed by atoms with Crippen LogP contribution in [0.15, 0.2) is 24.3 Å². The fourth-order valence-electron chi connectivity index (χ4n) is 1.21. The van der Waals surface area contributed by atoms with Gasteiger partial charge in [0.1, 0.15) is 5.75 Å². The largest absolute Gasteiger partial charge is 0.494 e. The molecule has 0 atom stereocenters. The number of hydrogen-bond donors (Lipinski definition) is 1. The number of hydrogen-bond acceptors (Lipinski definition) is 2. The van der Waals surface area contributed by atoms with Gasteiger partial charge in [0.15, 0.2) is 0 Å². The summed E-state index contributed by atoms with van der Waals surface area (Å²) in [5.74, 6) is 0.774. The number of amides is 1. The molecule has 0 aliphatic heterocycles. The van der Waals surface area contributed by atoms with E-state index in [2.05, 4.69) is 6.92 Å². The van der Waals surface area contributed by atoms with Crippen molar-refractivity contribution in [1.29, 1.82) is 0 Å². The van der Waals surface area contributed by atoms with E-state index in [1.54, 1.807) is 24.3 Å². The van der Waals surface area contributed by atoms with Crippen LogP contribution in [0.25, 0.3) is 0 Å². The average molecular weight is 223 g/mol. The lowest BCUT2D eigenvalue weighted by Gasteiger charge is -2.13. The third-order valence-electron chi connectivity index (χ3n) is 2.28. The highest BCUT2D eigenvalue weighted by Gasteiger charge is 2.07. The molecule has 0 radical (unpaired) electrons. The third kappa shape index (κ3) is 3.46. The Kier molecular flexibility index (Phi) is 4.64. The minimum absolute atomic E-state index is 0.635. The van der Waals surface area contributed by atoms with Gasteiger partial charge in [-0.2, -0.15) is 0 Å². The SMILES string of the molecule is CCCCOc1ccc(N(C)C(=O)O)cc1. The molecule has 16 heavy (non-hydrogen) atoms. The second-order valence-corrected chi connectivity index (χ2v) is 3.54. The molecule has 0 fully saturated rings. The lowest BCUT2D eigenvalue weighted by Crippen LogP contribution is -2.23. The van der Waals surface area contributed by atoms with Crippen molar-refractivity contribution in [2.45, 2.75) is 19.8 Å². The van der Waals surface area contributed by atoms with Crippen molar-refractivity contribution in [1.82, 2.24) is 0 Å². The molecule has 1 rings (SSSR count). The van der Waals surface area contributed by atoms with Crippen molar-refractivity contribution in [3.8, 4) is 5.75 Å². The van der Waals surface area contributed by atoms with Gasteiger partial charge in [-0.25, -0.2) is 4.79 Å². The van der Waals surface area contributed by atoms with Gasteiger partial charge >= 0.3 is 6.09 Å². The molecule has 0 unspecified atom stereocenters. The molecule has 0 bridgehead atoms. The Morgan fingerprint density at radius 1 is 1.38 bits per heavy atom. The van der Waals surface area contributed by atoms with E-state index in [0.717, 1.165) is 23.5 Å². The molecule has 88 valence electrons. The van der Waals surface area contributed by atoms with E-state index >= 15 is 0 Å². The summed E-state index contributed by atoms with van der Waals surface area (Å²) in [5.41, 5.74) is 0.635. The van der Waals surface area contributed by atoms with Gasteiger partial charge in [0.2, 0.25) is 0 Å². The number of ether oxygens (including phenoxy) is 1. The van der Waals surface area contributed by atoms with Crippen LogP contribution in [0.2, 0.25) is 0 Å². The molecule has 0 saturated carbocycles. The zero-order valence-electron chi connectivity index (χ0n) is 9.64. The summed E-state index contributed by atoms with van der Waals surface area (Å²) in [6.07, 6.45) is 1.15. The van der Waals surface area contributed by atoms with Crippen LogP contribution in [0.1, 0.15) is 19.8 Å². The molecule has 1 aromatic rings. The molecule has 0 aliphatic carbocycles. The fourth-order valence-corrected chi connectivity index (χ4v) is 1.21. The predicted molar refractivity (Wildman–Crippen MR) is 63.3 cm³/mol. The van der Waals surface area contributed by atoms with E-state index in [-0.39, 0.29) is 0 Å². The smallest absolute Gasteiger partial charge is 0.411 e. The Morgan fingerprint density at radius 3 is 2.50 bits per heavy atom. The number of unbranched alkanes of at least 4 members (excludes halogenated alkanes) is 1. The summed E-state index contributed by atoms with van der Waals surface area (Å²) in [6, 6.07) is 7.03. The van der Waals surface area contributed by atoms with Crippen molar-refractivity contribution in [3.63, 3.8) is 0 Å². The lowest BCUT2D eigenvalue weighted by atomic mass is 10.3. The zero-order valence-corrected chi connectivity index (χ0v) is 9.64. The molecular formula is C12H17NO3. The maximum atomic E-state index is 10.7. The molecule has 0 spiro atoms. The summed E-state index contributed by atoms with van der Waals surface area (Å²) in [4.78, 5) is 11.9. The van der Waals surface area contributed by atoms with Crippen LogP contribution in [0.4, 0.5) is 10.5 Å². The number of nitrogens with zero attached hydrogens (tertiary/aromatic N) is 1. The standard InChI is InChI=1S/C12H17NO3/c1-3-4-9-16-11-7-5-10(6-8-11)13(2)12(14)15/h5-8H,3-4,9H2,1-2H3,(H,14,15). The Labute approximate surface area is 95.5 Å². The number of benzene rings is 1. The summed E-state index contributed by atoms with van der Waals surface area (Å²) in [6.45, 7) is 2.80. The molecule has 0 saturated heterocycles. The Bertz CT molecular complexity index is 335. The molecule has 0 heterocycles. The first-order chi connectivity index (χ1) is 7.65. The van der Waals surface area contributed by atoms with Crippen molar-refractivity contribution < 1.29 is 14.6 Å². The molecule has 0 aromatic heterocycles. The van der Waals surface area contributed by atoms with Crippen LogP contribution in [0.5, 0.6) is 5.75 Å². The lowest BCUT2D eigenvalue weighted by molar-refractivity contribution is 0.203. The number of carbonyl (C=O) groups is 1. The topological polar surface area (TPSA) is 49.8 Å². The predicted octanol–water partition coefficient (Wildman–Crippen LogP) is 2.98. The fraction of sp³-hybridized carbons (Fsp3) is 0.417. The van der Waals surface area contributed by atoms with Gasteiger partial charge in [0.05, 0.1) is 6.61 Å². The van der Waals surface area contributed by atoms with Gasteiger partial charge in [-0.1, -0.05) is 13.3 Å². The molecule has 1 N–H and O–H groups in total. The Hall–Kier alpha value is -1.71. The monoisotopic (exact) mass is 223 g/mol. The molecule has 4 heteroatoms. The quantitative estimate of drug-likeness (QED) is 0.781. The Morgan fingerprint density at radius 2 is 2.00 bits per heavy atom. The van der Waals surface area contributed by atoms with Gasteiger partial charge < -0.3 is 9.84 Å². The van der Waals surface area contributed by atoms with Crippen molar-refractivity contribution in [3.05, 3.63) is 24.3 Å². The highest BCUT2D eigenvalue weighted by Crippen LogP contribution is 2.18. The maximum Gasteiger partial charge on any atom is 0.411 e. The van der Waals surface area contributed by atoms with Crippen LogP contribution < -0.4 is 9.64 Å². The van der Waals surface area contributed by atoms with E-state index < -0.39 is 6.09 Å². The normalized spacial score (nSPS) is 9.88. The first kappa shape index (κ1) is 12.4. The molecular weight excluding hydrogens is 206 g/mol. The number of rotatable bonds is 5. The van der Waals surface area contributed by atoms with Gasteiger partial charge in [-0.05, 0) is 30.7 Å². The van der Waals surface area contributed by atoms with Crippen molar-refractivity contribution >= 4 is 11.8 Å². The summed E-state index contributed by atoms with van der Waals surface area (Å²) in [5, 5.41) is 8.77. The second kappa shape index (κ2) is 6.00. The minimum Gasteiger partial charge on any atom is -0.494 e. The van der Waals surface area contributed by atoms with Crippen LogP contribution in [0, 0.1) is 0 Å². The van der Waals surface area contributed by atoms with Gasteiger partial charge in [-0.3, -0.25) is 4.90 Å². The summed E-state index contributed by atoms with van der Waals surface area (Å²) >= 11 is 0. The van der Waals surface area contributed by atoms with Crippen LogP contribution in [-0.2, 0) is 0 Å². The van der Waals surface area contributed by atoms with Gasteiger partial charge in [0, 0.05) is 12.7 Å². The van der Waals surface area contributed by atoms with Crippen LogP contribution in [-0.4, -0.2) is 24.9 Å². The summed E-state index contributed by atoms with van der Waals surface area (Å²) in [7, 11) is 1.51. The van der Waals surface area contributed by atoms with Crippen LogP contribution >= 0.6 is 0 Å². The number of anilines is 1. The minimum atomic E-state index is -0.973. The van der Waals surface area contributed by atoms with E-state index in [0.29, 0.717) is 12.3 Å².